The molecule has 0 N–H and O–H groups in total. The summed E-state index contributed by atoms with van der Waals surface area (Å²) in [5.41, 5.74) is -2.14. The van der Waals surface area contributed by atoms with Gasteiger partial charge in [-0.2, -0.15) is 0 Å². The van der Waals surface area contributed by atoms with Gasteiger partial charge in [-0.3, -0.25) is 0 Å². The summed E-state index contributed by atoms with van der Waals surface area (Å²) in [4.78, 5) is 0.655. The first-order valence-corrected chi connectivity index (χ1v) is 3.95. The van der Waals surface area contributed by atoms with E-state index in [4.69, 9.17) is 17.1 Å². The number of benzene rings is 1. The van der Waals surface area contributed by atoms with Crippen molar-refractivity contribution >= 4 is 23.4 Å². The average Bonchev–Trinajstić information content (AvgIpc) is 2.03. The maximum atomic E-state index is 7.44. The Morgan fingerprint density at radius 3 is 2.70 bits per heavy atom. The zero-order valence-electron chi connectivity index (χ0n) is 9.17. The van der Waals surface area contributed by atoms with Gasteiger partial charge in [-0.05, 0) is 12.1 Å². The molecule has 0 fully saturated rings. The molecular weight excluding hydrogens is 164 g/mol. The predicted molar refractivity (Wildman–Crippen MR) is 47.9 cm³/mol. The second-order valence-corrected chi connectivity index (χ2v) is 2.68. The molecule has 0 spiro atoms. The van der Waals surface area contributed by atoms with E-state index in [0.29, 0.717) is 4.90 Å². The van der Waals surface area contributed by atoms with Gasteiger partial charge in [0.1, 0.15) is 0 Å². The third-order valence-electron chi connectivity index (χ3n) is 0.951. The Morgan fingerprint density at radius 1 is 1.40 bits per heavy atom. The molecule has 0 aliphatic carbocycles. The first kappa shape index (κ1) is 4.03. The zero-order valence-corrected chi connectivity index (χ0v) is 6.75. The van der Waals surface area contributed by atoms with Gasteiger partial charge in [0.2, 0.25) is 0 Å². The van der Waals surface area contributed by atoms with Gasteiger partial charge < -0.3 is 0 Å². The Morgan fingerprint density at radius 2 is 2.10 bits per heavy atom. The zero-order chi connectivity index (χ0) is 10.8. The van der Waals surface area contributed by atoms with Crippen LogP contribution in [0.3, 0.4) is 0 Å². The van der Waals surface area contributed by atoms with Crippen molar-refractivity contribution in [3.05, 3.63) is 30.3 Å². The van der Waals surface area contributed by atoms with E-state index in [1.165, 1.54) is 0 Å². The predicted octanol–water partition coefficient (Wildman–Crippen LogP) is 3.02. The molecule has 0 unspecified atom stereocenters. The van der Waals surface area contributed by atoms with Crippen molar-refractivity contribution in [1.29, 1.82) is 0 Å². The molecule has 0 heterocycles. The van der Waals surface area contributed by atoms with Gasteiger partial charge in [0.15, 0.2) is 0 Å². The number of halogens is 1. The highest BCUT2D eigenvalue weighted by molar-refractivity contribution is 7.99. The molecule has 0 aliphatic rings. The maximum Gasteiger partial charge on any atom is 0.0444 e. The number of alkyl halides is 1. The number of thioether (sulfide) groups is 1. The summed E-state index contributed by atoms with van der Waals surface area (Å²) in [6, 6.07) is 8.77. The Balaban J connectivity index is 2.79. The topological polar surface area (TPSA) is 0 Å². The van der Waals surface area contributed by atoms with Crippen molar-refractivity contribution < 1.29 is 5.48 Å². The molecule has 0 saturated heterocycles. The Labute approximate surface area is 76.2 Å². The quantitative estimate of drug-likeness (QED) is 0.504. The average molecular weight is 177 g/mol. The third kappa shape index (κ3) is 2.63. The van der Waals surface area contributed by atoms with Crippen LogP contribution in [-0.2, 0) is 0 Å². The molecule has 0 saturated carbocycles. The SMILES string of the molecule is [2H]C([2H])(Cl)C([2H])([2H])Sc1ccccc1. The second-order valence-electron chi connectivity index (χ2n) is 1.61. The van der Waals surface area contributed by atoms with Crippen molar-refractivity contribution in [3.63, 3.8) is 0 Å². The summed E-state index contributed by atoms with van der Waals surface area (Å²) >= 11 is 6.09. The highest BCUT2D eigenvalue weighted by atomic mass is 35.5. The second kappa shape index (κ2) is 4.64. The number of hydrogen-bond acceptors (Lipinski definition) is 1. The molecule has 0 radical (unpaired) electrons. The summed E-state index contributed by atoms with van der Waals surface area (Å²) in [5.74, 6) is -2.38. The van der Waals surface area contributed by atoms with E-state index in [0.717, 1.165) is 11.8 Å². The van der Waals surface area contributed by atoms with Gasteiger partial charge in [-0.15, -0.1) is 23.4 Å². The van der Waals surface area contributed by atoms with Crippen molar-refractivity contribution in [2.45, 2.75) is 4.90 Å². The molecule has 0 atom stereocenters. The number of hydrogen-bond donors (Lipinski definition) is 0. The van der Waals surface area contributed by atoms with Crippen LogP contribution in [0.15, 0.2) is 35.2 Å². The molecule has 1 rings (SSSR count). The normalized spacial score (nSPS) is 18.5. The minimum Gasteiger partial charge on any atom is -0.126 e. The van der Waals surface area contributed by atoms with Crippen LogP contribution in [0.2, 0.25) is 0 Å². The Bertz CT molecular complexity index is 296. The lowest BCUT2D eigenvalue weighted by Gasteiger charge is -1.95. The van der Waals surface area contributed by atoms with Crippen LogP contribution >= 0.6 is 23.4 Å². The largest absolute Gasteiger partial charge is 0.126 e. The molecule has 2 heteroatoms. The summed E-state index contributed by atoms with van der Waals surface area (Å²) in [6.07, 6.45) is 0. The molecule has 0 aromatic heterocycles. The molecule has 54 valence electrons. The van der Waals surface area contributed by atoms with Gasteiger partial charge in [0.25, 0.3) is 0 Å². The van der Waals surface area contributed by atoms with Crippen molar-refractivity contribution in [3.8, 4) is 0 Å². The molecule has 0 nitrogen and oxygen atoms in total. The third-order valence-corrected chi connectivity index (χ3v) is 1.87. The monoisotopic (exact) mass is 176 g/mol. The molecule has 1 aromatic carbocycles. The standard InChI is InChI=1S/C8H9ClS/c9-6-7-10-8-4-2-1-3-5-8/h1-5H,6-7H2/i6D2,7D2. The summed E-state index contributed by atoms with van der Waals surface area (Å²) in [7, 11) is 0. The fourth-order valence-electron chi connectivity index (χ4n) is 0.567. The van der Waals surface area contributed by atoms with Crippen LogP contribution in [0.5, 0.6) is 0 Å². The van der Waals surface area contributed by atoms with Crippen LogP contribution in [-0.4, -0.2) is 11.5 Å². The van der Waals surface area contributed by atoms with E-state index in [2.05, 4.69) is 0 Å². The molecular formula is C8H9ClS. The molecule has 0 aliphatic heterocycles. The molecule has 10 heavy (non-hydrogen) atoms. The first-order valence-electron chi connectivity index (χ1n) is 4.76. The van der Waals surface area contributed by atoms with Crippen molar-refractivity contribution in [1.82, 2.24) is 0 Å². The van der Waals surface area contributed by atoms with E-state index >= 15 is 0 Å². The van der Waals surface area contributed by atoms with Gasteiger partial charge in [0.05, 0.1) is 0 Å². The smallest absolute Gasteiger partial charge is 0.0444 e. The Hall–Kier alpha value is -0.140. The van der Waals surface area contributed by atoms with Gasteiger partial charge >= 0.3 is 0 Å². The van der Waals surface area contributed by atoms with Crippen LogP contribution in [0, 0.1) is 0 Å². The van der Waals surface area contributed by atoms with E-state index in [1.54, 1.807) is 24.3 Å². The summed E-state index contributed by atoms with van der Waals surface area (Å²) in [6.45, 7) is 0. The minimum absolute atomic E-state index is 0.655. The van der Waals surface area contributed by atoms with Crippen molar-refractivity contribution in [2.75, 3.05) is 11.5 Å². The van der Waals surface area contributed by atoms with E-state index in [-0.39, 0.29) is 0 Å². The lowest BCUT2D eigenvalue weighted by molar-refractivity contribution is 1.43. The van der Waals surface area contributed by atoms with Crippen LogP contribution < -0.4 is 0 Å². The van der Waals surface area contributed by atoms with E-state index in [1.807, 2.05) is 6.07 Å². The summed E-state index contributed by atoms with van der Waals surface area (Å²) in [5, 5.41) is 0. The lowest BCUT2D eigenvalue weighted by atomic mass is 10.4. The van der Waals surface area contributed by atoms with Gasteiger partial charge in [0, 0.05) is 21.9 Å². The first-order chi connectivity index (χ1) is 6.33. The molecule has 1 aromatic rings. The molecule has 0 amide bonds. The van der Waals surface area contributed by atoms with Crippen LogP contribution in [0.4, 0.5) is 0 Å². The highest BCUT2D eigenvalue weighted by Crippen LogP contribution is 2.16. The van der Waals surface area contributed by atoms with Gasteiger partial charge in [-0.1, -0.05) is 18.2 Å². The van der Waals surface area contributed by atoms with Crippen LogP contribution in [0.25, 0.3) is 0 Å². The lowest BCUT2D eigenvalue weighted by Crippen LogP contribution is -1.77. The van der Waals surface area contributed by atoms with E-state index in [9.17, 15) is 0 Å². The fourth-order valence-corrected chi connectivity index (χ4v) is 1.13. The number of rotatable bonds is 3. The maximum absolute atomic E-state index is 7.44. The van der Waals surface area contributed by atoms with Crippen molar-refractivity contribution in [2.24, 2.45) is 0 Å². The summed E-state index contributed by atoms with van der Waals surface area (Å²) < 4.78 is 29.1. The molecule has 0 bridgehead atoms. The van der Waals surface area contributed by atoms with E-state index < -0.39 is 11.5 Å². The Kier molecular flexibility index (Phi) is 1.87. The fraction of sp³-hybridized carbons (Fsp3) is 0.250. The minimum atomic E-state index is -2.38. The van der Waals surface area contributed by atoms with Gasteiger partial charge in [-0.25, -0.2) is 0 Å². The highest BCUT2D eigenvalue weighted by Gasteiger charge is 1.88. The van der Waals surface area contributed by atoms with Crippen LogP contribution in [0.1, 0.15) is 5.48 Å².